The van der Waals surface area contributed by atoms with Crippen molar-refractivity contribution in [2.45, 2.75) is 70.1 Å². The average Bonchev–Trinajstić information content (AvgIpc) is 2.99. The van der Waals surface area contributed by atoms with Crippen LogP contribution in [0.4, 0.5) is 0 Å². The molecule has 0 bridgehead atoms. The van der Waals surface area contributed by atoms with Crippen LogP contribution >= 0.6 is 23.5 Å². The summed E-state index contributed by atoms with van der Waals surface area (Å²) in [6.45, 7) is 12.9. The Labute approximate surface area is 195 Å². The summed E-state index contributed by atoms with van der Waals surface area (Å²) in [5, 5.41) is 9.66. The minimum atomic E-state index is -2.02. The number of carbonyl (C=O) groups excluding carboxylic acids is 1. The van der Waals surface area contributed by atoms with Crippen LogP contribution in [0.15, 0.2) is 40.3 Å². The lowest BCUT2D eigenvalue weighted by atomic mass is 9.92. The van der Waals surface area contributed by atoms with Crippen molar-refractivity contribution in [3.63, 3.8) is 0 Å². The first-order valence-corrected chi connectivity index (χ1v) is 15.5. The molecule has 1 saturated heterocycles. The van der Waals surface area contributed by atoms with Gasteiger partial charge in [0.1, 0.15) is 5.37 Å². The molecule has 0 saturated carbocycles. The van der Waals surface area contributed by atoms with Crippen LogP contribution < -0.4 is 0 Å². The SMILES string of the molecule is C[C@H](O[Si](C)(C)C(C)(C)C)[C@@H]1C(=O)N2C(C(=O)O)=C(SCCCc3ccccc3)S[C@H]12. The van der Waals surface area contributed by atoms with Gasteiger partial charge in [-0.15, -0.1) is 11.8 Å². The second kappa shape index (κ2) is 9.33. The van der Waals surface area contributed by atoms with Crippen LogP contribution in [0.1, 0.15) is 39.7 Å². The first-order valence-electron chi connectivity index (χ1n) is 10.8. The van der Waals surface area contributed by atoms with Gasteiger partial charge in [0, 0.05) is 0 Å². The summed E-state index contributed by atoms with van der Waals surface area (Å²) in [6, 6.07) is 10.3. The van der Waals surface area contributed by atoms with E-state index in [1.54, 1.807) is 11.8 Å². The van der Waals surface area contributed by atoms with Crippen molar-refractivity contribution >= 4 is 43.7 Å². The fourth-order valence-electron chi connectivity index (χ4n) is 3.64. The van der Waals surface area contributed by atoms with Gasteiger partial charge in [0.15, 0.2) is 14.0 Å². The Morgan fingerprint density at radius 1 is 1.29 bits per heavy atom. The number of thioether (sulfide) groups is 2. The molecule has 2 aliphatic rings. The topological polar surface area (TPSA) is 66.8 Å². The zero-order chi connectivity index (χ0) is 23.0. The molecule has 0 aliphatic carbocycles. The highest BCUT2D eigenvalue weighted by atomic mass is 32.2. The maximum atomic E-state index is 12.9. The van der Waals surface area contributed by atoms with Crippen LogP contribution in [0.5, 0.6) is 0 Å². The van der Waals surface area contributed by atoms with Crippen LogP contribution in [-0.2, 0) is 20.4 Å². The second-order valence-electron chi connectivity index (χ2n) is 9.70. The average molecular weight is 480 g/mol. The van der Waals surface area contributed by atoms with Gasteiger partial charge in [-0.25, -0.2) is 4.79 Å². The highest BCUT2D eigenvalue weighted by Crippen LogP contribution is 2.54. The van der Waals surface area contributed by atoms with E-state index in [4.69, 9.17) is 4.43 Å². The minimum Gasteiger partial charge on any atom is -0.477 e. The third kappa shape index (κ3) is 5.07. The molecule has 0 aromatic heterocycles. The first kappa shape index (κ1) is 24.4. The monoisotopic (exact) mass is 479 g/mol. The smallest absolute Gasteiger partial charge is 0.354 e. The molecule has 31 heavy (non-hydrogen) atoms. The van der Waals surface area contributed by atoms with Gasteiger partial charge in [-0.2, -0.15) is 0 Å². The molecule has 0 radical (unpaired) electrons. The highest BCUT2D eigenvalue weighted by molar-refractivity contribution is 8.22. The number of benzene rings is 1. The molecule has 0 unspecified atom stereocenters. The number of nitrogens with zero attached hydrogens (tertiary/aromatic N) is 1. The molecule has 170 valence electrons. The van der Waals surface area contributed by atoms with Crippen LogP contribution in [-0.4, -0.2) is 47.4 Å². The quantitative estimate of drug-likeness (QED) is 0.285. The molecule has 3 rings (SSSR count). The number of carbonyl (C=O) groups is 2. The van der Waals surface area contributed by atoms with Gasteiger partial charge in [0.2, 0.25) is 5.91 Å². The fraction of sp³-hybridized carbons (Fsp3) is 0.565. The summed E-state index contributed by atoms with van der Waals surface area (Å²) in [7, 11) is -2.02. The maximum absolute atomic E-state index is 12.9. The van der Waals surface area contributed by atoms with Crippen LogP contribution in [0.2, 0.25) is 18.1 Å². The van der Waals surface area contributed by atoms with Gasteiger partial charge < -0.3 is 9.53 Å². The Morgan fingerprint density at radius 3 is 2.52 bits per heavy atom. The number of aliphatic carboxylic acids is 1. The van der Waals surface area contributed by atoms with Crippen molar-refractivity contribution in [2.24, 2.45) is 5.92 Å². The van der Waals surface area contributed by atoms with Gasteiger partial charge in [-0.3, -0.25) is 9.69 Å². The van der Waals surface area contributed by atoms with Crippen LogP contribution in [0.25, 0.3) is 0 Å². The number of carboxylic acids is 1. The Hall–Kier alpha value is -1.22. The molecule has 2 aliphatic heterocycles. The molecular weight excluding hydrogens is 446 g/mol. The van der Waals surface area contributed by atoms with E-state index in [2.05, 4.69) is 46.0 Å². The molecule has 1 amide bonds. The summed E-state index contributed by atoms with van der Waals surface area (Å²) >= 11 is 3.08. The number of amides is 1. The highest BCUT2D eigenvalue weighted by Gasteiger charge is 2.59. The van der Waals surface area contributed by atoms with E-state index in [1.807, 2.05) is 25.1 Å². The third-order valence-corrected chi connectivity index (χ3v) is 13.7. The lowest BCUT2D eigenvalue weighted by molar-refractivity contribution is -0.156. The van der Waals surface area contributed by atoms with E-state index in [0.29, 0.717) is 0 Å². The Kier molecular flexibility index (Phi) is 7.35. The predicted octanol–water partition coefficient (Wildman–Crippen LogP) is 5.55. The Morgan fingerprint density at radius 2 is 1.94 bits per heavy atom. The van der Waals surface area contributed by atoms with Crippen molar-refractivity contribution in [3.8, 4) is 0 Å². The van der Waals surface area contributed by atoms with E-state index >= 15 is 0 Å². The molecule has 1 aromatic carbocycles. The number of rotatable bonds is 9. The molecule has 3 atom stereocenters. The number of β-lactam (4-membered cyclic amide) rings is 1. The molecule has 2 heterocycles. The van der Waals surface area contributed by atoms with Crippen molar-refractivity contribution in [2.75, 3.05) is 5.75 Å². The van der Waals surface area contributed by atoms with E-state index in [0.717, 1.165) is 22.8 Å². The van der Waals surface area contributed by atoms with Crippen molar-refractivity contribution in [1.29, 1.82) is 0 Å². The van der Waals surface area contributed by atoms with Gasteiger partial charge in [-0.1, -0.05) is 62.9 Å². The summed E-state index contributed by atoms with van der Waals surface area (Å²) in [5.74, 6) is -0.620. The van der Waals surface area contributed by atoms with Crippen molar-refractivity contribution in [3.05, 3.63) is 45.8 Å². The van der Waals surface area contributed by atoms with E-state index < -0.39 is 14.3 Å². The normalized spacial score (nSPS) is 22.4. The molecule has 1 aromatic rings. The minimum absolute atomic E-state index is 0.0564. The van der Waals surface area contributed by atoms with Gasteiger partial charge in [-0.05, 0) is 49.2 Å². The van der Waals surface area contributed by atoms with Gasteiger partial charge >= 0.3 is 5.97 Å². The number of hydrogen-bond acceptors (Lipinski definition) is 5. The maximum Gasteiger partial charge on any atom is 0.354 e. The van der Waals surface area contributed by atoms with Crippen LogP contribution in [0, 0.1) is 5.92 Å². The Balaban J connectivity index is 1.63. The van der Waals surface area contributed by atoms with Gasteiger partial charge in [0.25, 0.3) is 0 Å². The number of hydrogen-bond donors (Lipinski definition) is 1. The van der Waals surface area contributed by atoms with E-state index in [-0.39, 0.29) is 34.0 Å². The van der Waals surface area contributed by atoms with E-state index in [9.17, 15) is 14.7 Å². The lowest BCUT2D eigenvalue weighted by Gasteiger charge is -2.48. The lowest BCUT2D eigenvalue weighted by Crippen LogP contribution is -2.62. The standard InChI is InChI=1S/C23H33NO4S2Si/c1-15(28-31(5,6)23(2,3)4)17-19(25)24-18(21(26)27)22(30-20(17)24)29-14-10-13-16-11-8-7-9-12-16/h7-9,11-12,15,17,20H,10,13-14H2,1-6H3,(H,26,27)/t15-,17+,20+/m0/s1. The summed E-state index contributed by atoms with van der Waals surface area (Å²) < 4.78 is 7.22. The number of fused-ring (bicyclic) bond motifs is 1. The van der Waals surface area contributed by atoms with E-state index in [1.165, 1.54) is 22.2 Å². The Bertz CT molecular complexity index is 866. The molecule has 1 fully saturated rings. The molecule has 1 N–H and O–H groups in total. The predicted molar refractivity (Wildman–Crippen MR) is 131 cm³/mol. The fourth-order valence-corrected chi connectivity index (χ4v) is 8.00. The zero-order valence-electron chi connectivity index (χ0n) is 19.2. The van der Waals surface area contributed by atoms with Crippen LogP contribution in [0.3, 0.4) is 0 Å². The second-order valence-corrected chi connectivity index (χ2v) is 17.0. The summed E-state index contributed by atoms with van der Waals surface area (Å²) in [6.07, 6.45) is 1.69. The first-order chi connectivity index (χ1) is 14.4. The summed E-state index contributed by atoms with van der Waals surface area (Å²) in [4.78, 5) is 26.3. The number of aryl methyl sites for hydroxylation is 1. The third-order valence-electron chi connectivity index (χ3n) is 6.43. The zero-order valence-corrected chi connectivity index (χ0v) is 21.8. The number of carboxylic acid groups (broad SMARTS) is 1. The molecular formula is C23H33NO4S2Si. The summed E-state index contributed by atoms with van der Waals surface area (Å²) in [5.41, 5.74) is 1.44. The molecule has 0 spiro atoms. The van der Waals surface area contributed by atoms with Crippen molar-refractivity contribution in [1.82, 2.24) is 4.90 Å². The molecule has 5 nitrogen and oxygen atoms in total. The van der Waals surface area contributed by atoms with Gasteiger partial charge in [0.05, 0.1) is 16.3 Å². The largest absolute Gasteiger partial charge is 0.477 e. The van der Waals surface area contributed by atoms with Crippen molar-refractivity contribution < 1.29 is 19.1 Å². The molecule has 8 heteroatoms.